The van der Waals surface area contributed by atoms with Crippen molar-refractivity contribution in [3.63, 3.8) is 0 Å². The summed E-state index contributed by atoms with van der Waals surface area (Å²) in [6.45, 7) is 5.56. The Labute approximate surface area is 145 Å². The lowest BCUT2D eigenvalue weighted by Gasteiger charge is -2.25. The fourth-order valence-corrected chi connectivity index (χ4v) is 3.72. The van der Waals surface area contributed by atoms with Crippen molar-refractivity contribution in [1.82, 2.24) is 20.1 Å². The SMILES string of the molecule is CCc1c[nH]c2ncnc(N3CC[C@@](N)(Cc4c(N)noc4C)C3)c12. The van der Waals surface area contributed by atoms with Gasteiger partial charge in [-0.2, -0.15) is 0 Å². The Bertz CT molecular complexity index is 896. The second-order valence-electron chi connectivity index (χ2n) is 6.90. The van der Waals surface area contributed by atoms with Gasteiger partial charge < -0.3 is 25.9 Å². The van der Waals surface area contributed by atoms with Crippen LogP contribution >= 0.6 is 0 Å². The Morgan fingerprint density at radius 1 is 1.40 bits per heavy atom. The van der Waals surface area contributed by atoms with Gasteiger partial charge in [0.1, 0.15) is 23.6 Å². The van der Waals surface area contributed by atoms with Crippen molar-refractivity contribution in [3.05, 3.63) is 29.4 Å². The van der Waals surface area contributed by atoms with Crippen molar-refractivity contribution in [1.29, 1.82) is 0 Å². The zero-order valence-corrected chi connectivity index (χ0v) is 14.5. The van der Waals surface area contributed by atoms with Crippen molar-refractivity contribution in [2.45, 2.75) is 38.6 Å². The smallest absolute Gasteiger partial charge is 0.170 e. The van der Waals surface area contributed by atoms with E-state index in [9.17, 15) is 0 Å². The monoisotopic (exact) mass is 341 g/mol. The second-order valence-corrected chi connectivity index (χ2v) is 6.90. The second kappa shape index (κ2) is 5.73. The number of nitrogens with one attached hydrogen (secondary N) is 1. The first-order valence-electron chi connectivity index (χ1n) is 8.56. The molecule has 0 aromatic carbocycles. The number of aryl methyl sites for hydroxylation is 2. The van der Waals surface area contributed by atoms with Crippen LogP contribution in [-0.2, 0) is 12.8 Å². The van der Waals surface area contributed by atoms with E-state index in [1.165, 1.54) is 5.56 Å². The molecule has 4 heterocycles. The van der Waals surface area contributed by atoms with Crippen LogP contribution in [0.3, 0.4) is 0 Å². The summed E-state index contributed by atoms with van der Waals surface area (Å²) in [7, 11) is 0. The number of H-pyrrole nitrogens is 1. The first kappa shape index (κ1) is 15.9. The number of hydrogen-bond donors (Lipinski definition) is 3. The summed E-state index contributed by atoms with van der Waals surface area (Å²) in [6, 6.07) is 0. The molecule has 0 radical (unpaired) electrons. The highest BCUT2D eigenvalue weighted by molar-refractivity contribution is 5.91. The Morgan fingerprint density at radius 2 is 2.24 bits per heavy atom. The minimum atomic E-state index is -0.385. The number of nitrogen functional groups attached to an aromatic ring is 1. The van der Waals surface area contributed by atoms with Gasteiger partial charge in [0.05, 0.1) is 5.39 Å². The molecule has 3 aromatic heterocycles. The fraction of sp³-hybridized carbons (Fsp3) is 0.471. The molecule has 0 saturated carbocycles. The summed E-state index contributed by atoms with van der Waals surface area (Å²) in [5.41, 5.74) is 15.2. The summed E-state index contributed by atoms with van der Waals surface area (Å²) in [5.74, 6) is 2.12. The van der Waals surface area contributed by atoms with Crippen LogP contribution in [0.15, 0.2) is 17.0 Å². The van der Waals surface area contributed by atoms with E-state index in [1.54, 1.807) is 6.33 Å². The van der Waals surface area contributed by atoms with E-state index < -0.39 is 0 Å². The van der Waals surface area contributed by atoms with Gasteiger partial charge in [-0.1, -0.05) is 12.1 Å². The van der Waals surface area contributed by atoms with Gasteiger partial charge in [-0.15, -0.1) is 0 Å². The number of aromatic amines is 1. The zero-order chi connectivity index (χ0) is 17.6. The van der Waals surface area contributed by atoms with Crippen LogP contribution in [0.4, 0.5) is 11.6 Å². The Kier molecular flexibility index (Phi) is 3.64. The maximum Gasteiger partial charge on any atom is 0.170 e. The summed E-state index contributed by atoms with van der Waals surface area (Å²) >= 11 is 0. The van der Waals surface area contributed by atoms with Crippen LogP contribution in [-0.4, -0.2) is 38.7 Å². The topological polar surface area (TPSA) is 123 Å². The van der Waals surface area contributed by atoms with Crippen LogP contribution in [0.5, 0.6) is 0 Å². The van der Waals surface area contributed by atoms with Crippen molar-refractivity contribution in [3.8, 4) is 0 Å². The zero-order valence-electron chi connectivity index (χ0n) is 14.5. The predicted octanol–water partition coefficient (Wildman–Crippen LogP) is 1.55. The lowest BCUT2D eigenvalue weighted by atomic mass is 9.91. The van der Waals surface area contributed by atoms with E-state index in [0.29, 0.717) is 18.8 Å². The van der Waals surface area contributed by atoms with Crippen molar-refractivity contribution < 1.29 is 4.52 Å². The lowest BCUT2D eigenvalue weighted by molar-refractivity contribution is 0.395. The number of fused-ring (bicyclic) bond motifs is 1. The lowest BCUT2D eigenvalue weighted by Crippen LogP contribution is -2.45. The van der Waals surface area contributed by atoms with Crippen LogP contribution in [0.2, 0.25) is 0 Å². The molecule has 25 heavy (non-hydrogen) atoms. The molecule has 1 atom stereocenters. The van der Waals surface area contributed by atoms with Crippen LogP contribution in [0.1, 0.15) is 30.2 Å². The molecule has 0 amide bonds. The summed E-state index contributed by atoms with van der Waals surface area (Å²) in [5, 5.41) is 4.92. The van der Waals surface area contributed by atoms with Crippen LogP contribution in [0.25, 0.3) is 11.0 Å². The third-order valence-corrected chi connectivity index (χ3v) is 5.14. The van der Waals surface area contributed by atoms with E-state index in [1.807, 2.05) is 13.1 Å². The number of nitrogens with zero attached hydrogens (tertiary/aromatic N) is 4. The first-order chi connectivity index (χ1) is 12.0. The molecule has 0 spiro atoms. The van der Waals surface area contributed by atoms with E-state index in [4.69, 9.17) is 16.0 Å². The van der Waals surface area contributed by atoms with E-state index in [0.717, 1.165) is 47.6 Å². The molecule has 1 aliphatic rings. The molecule has 8 nitrogen and oxygen atoms in total. The Hall–Kier alpha value is -2.61. The maximum absolute atomic E-state index is 6.69. The number of nitrogens with two attached hydrogens (primary N) is 2. The van der Waals surface area contributed by atoms with Crippen molar-refractivity contribution >= 4 is 22.7 Å². The molecule has 132 valence electrons. The van der Waals surface area contributed by atoms with Crippen molar-refractivity contribution in [2.24, 2.45) is 5.73 Å². The Morgan fingerprint density at radius 3 is 2.96 bits per heavy atom. The number of aromatic nitrogens is 4. The molecule has 3 aromatic rings. The average molecular weight is 341 g/mol. The highest BCUT2D eigenvalue weighted by Gasteiger charge is 2.37. The van der Waals surface area contributed by atoms with Gasteiger partial charge in [0.25, 0.3) is 0 Å². The highest BCUT2D eigenvalue weighted by Crippen LogP contribution is 2.33. The van der Waals surface area contributed by atoms with Gasteiger partial charge in [0.15, 0.2) is 5.82 Å². The quantitative estimate of drug-likeness (QED) is 0.658. The Balaban J connectivity index is 1.63. The molecule has 1 saturated heterocycles. The molecular weight excluding hydrogens is 318 g/mol. The number of anilines is 2. The third-order valence-electron chi connectivity index (χ3n) is 5.14. The minimum Gasteiger partial charge on any atom is -0.381 e. The van der Waals surface area contributed by atoms with Gasteiger partial charge in [-0.05, 0) is 31.7 Å². The highest BCUT2D eigenvalue weighted by atomic mass is 16.5. The molecule has 8 heteroatoms. The predicted molar refractivity (Wildman–Crippen MR) is 96.4 cm³/mol. The number of hydrogen-bond acceptors (Lipinski definition) is 7. The van der Waals surface area contributed by atoms with Crippen LogP contribution in [0, 0.1) is 6.92 Å². The number of rotatable bonds is 4. The fourth-order valence-electron chi connectivity index (χ4n) is 3.72. The first-order valence-corrected chi connectivity index (χ1v) is 8.56. The molecule has 1 aliphatic heterocycles. The summed E-state index contributed by atoms with van der Waals surface area (Å²) < 4.78 is 5.17. The molecule has 0 bridgehead atoms. The molecule has 0 unspecified atom stereocenters. The van der Waals surface area contributed by atoms with E-state index in [-0.39, 0.29) is 5.54 Å². The molecule has 4 rings (SSSR count). The summed E-state index contributed by atoms with van der Waals surface area (Å²) in [4.78, 5) is 14.4. The molecule has 1 fully saturated rings. The third kappa shape index (κ3) is 2.62. The van der Waals surface area contributed by atoms with E-state index in [2.05, 4.69) is 31.9 Å². The summed E-state index contributed by atoms with van der Waals surface area (Å²) in [6.07, 6.45) is 6.04. The molecule has 5 N–H and O–H groups in total. The molecule has 0 aliphatic carbocycles. The van der Waals surface area contributed by atoms with Gasteiger partial charge >= 0.3 is 0 Å². The van der Waals surface area contributed by atoms with Crippen LogP contribution < -0.4 is 16.4 Å². The van der Waals surface area contributed by atoms with Gasteiger partial charge in [0, 0.05) is 30.4 Å². The standard InChI is InChI=1S/C17H23N7O/c1-3-11-7-20-15-13(11)16(22-9-21-15)24-5-4-17(19,8-24)6-12-10(2)25-23-14(12)18/h7,9H,3-6,8,19H2,1-2H3,(H2,18,23)(H,20,21,22)/t17-/m1/s1. The van der Waals surface area contributed by atoms with Gasteiger partial charge in [-0.3, -0.25) is 0 Å². The maximum atomic E-state index is 6.69. The average Bonchev–Trinajstić information content (AvgIpc) is 3.28. The largest absolute Gasteiger partial charge is 0.381 e. The van der Waals surface area contributed by atoms with Crippen molar-refractivity contribution in [2.75, 3.05) is 23.7 Å². The van der Waals surface area contributed by atoms with Gasteiger partial charge in [-0.25, -0.2) is 9.97 Å². The van der Waals surface area contributed by atoms with Gasteiger partial charge in [0.2, 0.25) is 0 Å². The normalized spacial score (nSPS) is 20.7. The molecular formula is C17H23N7O. The van der Waals surface area contributed by atoms with E-state index >= 15 is 0 Å². The minimum absolute atomic E-state index is 0.385.